The molecule has 2 rings (SSSR count). The number of halogens is 1. The molecule has 1 amide bonds. The summed E-state index contributed by atoms with van der Waals surface area (Å²) in [7, 11) is 0. The molecule has 1 N–H and O–H groups in total. The molecule has 1 heterocycles. The molecule has 1 aliphatic heterocycles. The van der Waals surface area contributed by atoms with E-state index in [2.05, 4.69) is 0 Å². The van der Waals surface area contributed by atoms with E-state index >= 15 is 0 Å². The topological polar surface area (TPSA) is 57.6 Å². The van der Waals surface area contributed by atoms with Crippen LogP contribution in [0.5, 0.6) is 0 Å². The number of carbonyl (C=O) groups is 2. The van der Waals surface area contributed by atoms with E-state index in [0.29, 0.717) is 29.7 Å². The Morgan fingerprint density at radius 3 is 2.71 bits per heavy atom. The normalized spacial score (nSPS) is 18.0. The van der Waals surface area contributed by atoms with Gasteiger partial charge in [-0.3, -0.25) is 9.59 Å². The van der Waals surface area contributed by atoms with Gasteiger partial charge in [0.15, 0.2) is 0 Å². The minimum atomic E-state index is -0.766. The van der Waals surface area contributed by atoms with Gasteiger partial charge in [0, 0.05) is 29.4 Å². The smallest absolute Gasteiger partial charge is 0.303 e. The van der Waals surface area contributed by atoms with Crippen molar-refractivity contribution in [3.8, 4) is 0 Å². The fourth-order valence-electron chi connectivity index (χ4n) is 2.39. The summed E-state index contributed by atoms with van der Waals surface area (Å²) in [6.07, 6.45) is 1.75. The Morgan fingerprint density at radius 1 is 1.33 bits per heavy atom. The van der Waals surface area contributed by atoms with E-state index in [9.17, 15) is 9.59 Å². The lowest BCUT2D eigenvalue weighted by Gasteiger charge is -2.16. The van der Waals surface area contributed by atoms with E-state index in [-0.39, 0.29) is 12.3 Å². The lowest BCUT2D eigenvalue weighted by atomic mass is 10.0. The number of thioether (sulfide) groups is 1. The molecule has 0 aromatic heterocycles. The van der Waals surface area contributed by atoms with Crippen molar-refractivity contribution in [2.24, 2.45) is 5.92 Å². The number of carboxylic acids is 1. The van der Waals surface area contributed by atoms with Crippen LogP contribution in [0.25, 0.3) is 0 Å². The van der Waals surface area contributed by atoms with Crippen LogP contribution in [0.2, 0.25) is 5.02 Å². The molecule has 1 aromatic carbocycles. The van der Waals surface area contributed by atoms with Gasteiger partial charge < -0.3 is 10.0 Å². The van der Waals surface area contributed by atoms with E-state index in [1.165, 1.54) is 11.8 Å². The molecule has 0 spiro atoms. The number of hydrogen-bond donors (Lipinski definition) is 1. The molecular weight excluding hydrogens is 310 g/mol. The van der Waals surface area contributed by atoms with E-state index in [1.807, 2.05) is 29.2 Å². The van der Waals surface area contributed by atoms with Crippen LogP contribution in [0.4, 0.5) is 0 Å². The largest absolute Gasteiger partial charge is 0.481 e. The molecule has 1 atom stereocenters. The first-order valence-electron chi connectivity index (χ1n) is 6.92. The Balaban J connectivity index is 1.74. The fourth-order valence-corrected chi connectivity index (χ4v) is 3.32. The SMILES string of the molecule is O=C(O)CCC1CCN(C(=O)CSc2ccc(Cl)cc2)C1. The number of likely N-dealkylation sites (tertiary alicyclic amines) is 1. The quantitative estimate of drug-likeness (QED) is 0.815. The number of carbonyl (C=O) groups excluding carboxylic acids is 1. The highest BCUT2D eigenvalue weighted by Crippen LogP contribution is 2.24. The molecule has 1 fully saturated rings. The summed E-state index contributed by atoms with van der Waals surface area (Å²) in [6.45, 7) is 1.43. The van der Waals surface area contributed by atoms with Crippen molar-refractivity contribution in [2.45, 2.75) is 24.2 Å². The molecule has 114 valence electrons. The molecular formula is C15H18ClNO3S. The maximum absolute atomic E-state index is 12.1. The summed E-state index contributed by atoms with van der Waals surface area (Å²) in [5.41, 5.74) is 0. The van der Waals surface area contributed by atoms with Crippen molar-refractivity contribution in [3.63, 3.8) is 0 Å². The highest BCUT2D eigenvalue weighted by Gasteiger charge is 2.26. The highest BCUT2D eigenvalue weighted by atomic mass is 35.5. The lowest BCUT2D eigenvalue weighted by molar-refractivity contribution is -0.137. The minimum Gasteiger partial charge on any atom is -0.481 e. The number of benzene rings is 1. The van der Waals surface area contributed by atoms with Gasteiger partial charge in [-0.2, -0.15) is 0 Å². The highest BCUT2D eigenvalue weighted by molar-refractivity contribution is 8.00. The summed E-state index contributed by atoms with van der Waals surface area (Å²) < 4.78 is 0. The first-order chi connectivity index (χ1) is 10.0. The van der Waals surface area contributed by atoms with Crippen LogP contribution in [0, 0.1) is 5.92 Å². The predicted molar refractivity (Wildman–Crippen MR) is 83.7 cm³/mol. The molecule has 1 aliphatic rings. The van der Waals surface area contributed by atoms with Crippen LogP contribution < -0.4 is 0 Å². The number of nitrogens with zero attached hydrogens (tertiary/aromatic N) is 1. The van der Waals surface area contributed by atoms with Gasteiger partial charge in [-0.05, 0) is 43.0 Å². The second kappa shape index (κ2) is 7.71. The van der Waals surface area contributed by atoms with Crippen molar-refractivity contribution in [3.05, 3.63) is 29.3 Å². The zero-order valence-corrected chi connectivity index (χ0v) is 13.2. The van der Waals surface area contributed by atoms with Crippen LogP contribution >= 0.6 is 23.4 Å². The maximum Gasteiger partial charge on any atom is 0.303 e. The van der Waals surface area contributed by atoms with Crippen LogP contribution in [-0.4, -0.2) is 40.7 Å². The molecule has 4 nitrogen and oxygen atoms in total. The fraction of sp³-hybridized carbons (Fsp3) is 0.467. The Bertz CT molecular complexity index is 506. The summed E-state index contributed by atoms with van der Waals surface area (Å²) in [4.78, 5) is 25.6. The van der Waals surface area contributed by atoms with Crippen LogP contribution in [0.1, 0.15) is 19.3 Å². The van der Waals surface area contributed by atoms with Crippen molar-refractivity contribution in [1.29, 1.82) is 0 Å². The number of hydrogen-bond acceptors (Lipinski definition) is 3. The van der Waals surface area contributed by atoms with Gasteiger partial charge in [-0.25, -0.2) is 0 Å². The number of carboxylic acid groups (broad SMARTS) is 1. The van der Waals surface area contributed by atoms with Gasteiger partial charge in [0.2, 0.25) is 5.91 Å². The standard InChI is InChI=1S/C15H18ClNO3S/c16-12-2-4-13(5-3-12)21-10-14(18)17-8-7-11(9-17)1-6-15(19)20/h2-5,11H,1,6-10H2,(H,19,20). The van der Waals surface area contributed by atoms with Crippen LogP contribution in [0.3, 0.4) is 0 Å². The van der Waals surface area contributed by atoms with Gasteiger partial charge in [0.1, 0.15) is 0 Å². The Morgan fingerprint density at radius 2 is 2.05 bits per heavy atom. The summed E-state index contributed by atoms with van der Waals surface area (Å²) in [5.74, 6) is 0.0873. The molecule has 0 bridgehead atoms. The zero-order valence-electron chi connectivity index (χ0n) is 11.6. The van der Waals surface area contributed by atoms with Gasteiger partial charge in [0.05, 0.1) is 5.75 Å². The molecule has 1 aromatic rings. The summed E-state index contributed by atoms with van der Waals surface area (Å²) in [6, 6.07) is 7.43. The number of rotatable bonds is 6. The average molecular weight is 328 g/mol. The van der Waals surface area contributed by atoms with Crippen molar-refractivity contribution >= 4 is 35.2 Å². The minimum absolute atomic E-state index is 0.118. The molecule has 0 aliphatic carbocycles. The summed E-state index contributed by atoms with van der Waals surface area (Å²) >= 11 is 7.32. The third kappa shape index (κ3) is 5.25. The predicted octanol–water partition coefficient (Wildman–Crippen LogP) is 3.15. The zero-order chi connectivity index (χ0) is 15.2. The molecule has 6 heteroatoms. The molecule has 1 unspecified atom stereocenters. The molecule has 0 radical (unpaired) electrons. The van der Waals surface area contributed by atoms with Crippen LogP contribution in [-0.2, 0) is 9.59 Å². The third-order valence-electron chi connectivity index (χ3n) is 3.58. The molecule has 0 saturated carbocycles. The second-order valence-corrected chi connectivity index (χ2v) is 6.65. The van der Waals surface area contributed by atoms with Gasteiger partial charge in [-0.15, -0.1) is 11.8 Å². The van der Waals surface area contributed by atoms with E-state index in [0.717, 1.165) is 17.9 Å². The lowest BCUT2D eigenvalue weighted by Crippen LogP contribution is -2.30. The number of amides is 1. The maximum atomic E-state index is 12.1. The summed E-state index contributed by atoms with van der Waals surface area (Å²) in [5, 5.41) is 9.37. The van der Waals surface area contributed by atoms with Crippen molar-refractivity contribution in [1.82, 2.24) is 4.90 Å². The number of aliphatic carboxylic acids is 1. The van der Waals surface area contributed by atoms with E-state index in [4.69, 9.17) is 16.7 Å². The van der Waals surface area contributed by atoms with Gasteiger partial charge in [-0.1, -0.05) is 11.6 Å². The van der Waals surface area contributed by atoms with E-state index in [1.54, 1.807) is 0 Å². The van der Waals surface area contributed by atoms with Crippen molar-refractivity contribution in [2.75, 3.05) is 18.8 Å². The Hall–Kier alpha value is -1.20. The van der Waals surface area contributed by atoms with E-state index < -0.39 is 5.97 Å². The average Bonchev–Trinajstić information content (AvgIpc) is 2.93. The second-order valence-electron chi connectivity index (χ2n) is 5.17. The molecule has 21 heavy (non-hydrogen) atoms. The first-order valence-corrected chi connectivity index (χ1v) is 8.29. The monoisotopic (exact) mass is 327 g/mol. The first kappa shape index (κ1) is 16.2. The van der Waals surface area contributed by atoms with Crippen LogP contribution in [0.15, 0.2) is 29.2 Å². The Labute approximate surface area is 133 Å². The van der Waals surface area contributed by atoms with Gasteiger partial charge >= 0.3 is 5.97 Å². The Kier molecular flexibility index (Phi) is 5.94. The third-order valence-corrected chi connectivity index (χ3v) is 4.83. The van der Waals surface area contributed by atoms with Gasteiger partial charge in [0.25, 0.3) is 0 Å². The molecule has 1 saturated heterocycles. The van der Waals surface area contributed by atoms with Crippen molar-refractivity contribution < 1.29 is 14.7 Å².